The second-order valence-electron chi connectivity index (χ2n) is 10.3. The molecule has 0 unspecified atom stereocenters. The Balaban J connectivity index is 0.000000327. The molecule has 0 aliphatic rings. The molecule has 0 atom stereocenters. The van der Waals surface area contributed by atoms with Gasteiger partial charge in [0.2, 0.25) is 0 Å². The van der Waals surface area contributed by atoms with Crippen LogP contribution in [0, 0.1) is 0 Å². The van der Waals surface area contributed by atoms with E-state index in [1.54, 1.807) is 0 Å². The maximum Gasteiger partial charge on any atom is 3.00 e. The van der Waals surface area contributed by atoms with Crippen LogP contribution in [0.3, 0.4) is 0 Å². The summed E-state index contributed by atoms with van der Waals surface area (Å²) in [6, 6.07) is 43.8. The molecule has 0 aliphatic heterocycles. The van der Waals surface area contributed by atoms with Crippen molar-refractivity contribution < 1.29 is 56.7 Å². The number of aliphatic carboxylic acids is 4. The van der Waals surface area contributed by atoms with Crippen molar-refractivity contribution in [3.63, 3.8) is 0 Å². The molecule has 245 valence electrons. The molecule has 1 radical (unpaired) electrons. The van der Waals surface area contributed by atoms with Crippen LogP contribution in [0.4, 0.5) is 0 Å². The molecule has 0 N–H and O–H groups in total. The molecule has 47 heavy (non-hydrogen) atoms. The number of carboxylic acid groups (broad SMARTS) is 4. The average Bonchev–Trinajstić information content (AvgIpc) is 3.03. The van der Waals surface area contributed by atoms with Crippen LogP contribution in [0.5, 0.6) is 0 Å². The third-order valence-corrected chi connectivity index (χ3v) is 11.2. The Labute approximate surface area is 285 Å². The largest absolute Gasteiger partial charge is 3.00 e. The van der Waals surface area contributed by atoms with Gasteiger partial charge >= 0.3 is 17.1 Å². The molecule has 4 aromatic carbocycles. The molecule has 4 aromatic rings. The predicted molar refractivity (Wildman–Crippen MR) is 169 cm³/mol. The first kappa shape index (κ1) is 38.8. The van der Waals surface area contributed by atoms with E-state index >= 15 is 0 Å². The summed E-state index contributed by atoms with van der Waals surface area (Å²) in [5.41, 5.74) is 0. The molecule has 0 aromatic heterocycles. The molecular weight excluding hydrogens is 663 g/mol. The minimum atomic E-state index is -1.91. The Morgan fingerprint density at radius 2 is 0.638 bits per heavy atom. The minimum absolute atomic E-state index is 0. The van der Waals surface area contributed by atoms with Gasteiger partial charge in [-0.15, -0.1) is 0 Å². The van der Waals surface area contributed by atoms with Gasteiger partial charge in [-0.25, -0.2) is 0 Å². The van der Waals surface area contributed by atoms with Crippen molar-refractivity contribution in [2.75, 3.05) is 39.3 Å². The second-order valence-corrected chi connectivity index (χ2v) is 13.7. The first-order valence-corrected chi connectivity index (χ1v) is 16.3. The third-order valence-electron chi connectivity index (χ3n) is 6.93. The van der Waals surface area contributed by atoms with Crippen LogP contribution in [0.25, 0.3) is 0 Å². The maximum absolute atomic E-state index is 10.4. The van der Waals surface area contributed by atoms with Gasteiger partial charge < -0.3 is 39.6 Å². The van der Waals surface area contributed by atoms with Gasteiger partial charge in [0, 0.05) is 39.3 Å². The van der Waals surface area contributed by atoms with Crippen LogP contribution in [-0.4, -0.2) is 72.9 Å². The summed E-state index contributed by atoms with van der Waals surface area (Å²) in [4.78, 5) is 43.8. The molecule has 10 nitrogen and oxygen atoms in total. The maximum atomic E-state index is 10.4. The van der Waals surface area contributed by atoms with Crippen molar-refractivity contribution >= 4 is 52.4 Å². The summed E-state index contributed by atoms with van der Waals surface area (Å²) in [7, 11) is -1.91. The number of nitrogens with zero attached hydrogens (tertiary/aromatic N) is 2. The summed E-state index contributed by atoms with van der Waals surface area (Å²) in [6.07, 6.45) is 0.140. The van der Waals surface area contributed by atoms with Gasteiger partial charge in [-0.3, -0.25) is 9.80 Å². The second kappa shape index (κ2) is 20.0. The zero-order chi connectivity index (χ0) is 33.4. The smallest absolute Gasteiger partial charge is 0.549 e. The SMILES string of the molecule is O=C([O-])CN(CCCN(CC(=O)[O-])CC(=O)[O-])CC(=O)[O-].[Fe+3].c1ccc([P+](c2ccccc2)(c2ccccc2)c2ccccc2)cc1. The quantitative estimate of drug-likeness (QED) is 0.0888. The van der Waals surface area contributed by atoms with E-state index in [2.05, 4.69) is 121 Å². The zero-order valence-corrected chi connectivity index (χ0v) is 27.5. The van der Waals surface area contributed by atoms with Gasteiger partial charge in [-0.05, 0) is 55.0 Å². The fourth-order valence-corrected chi connectivity index (χ4v) is 9.44. The van der Waals surface area contributed by atoms with Gasteiger partial charge in [-0.1, -0.05) is 72.8 Å². The summed E-state index contributed by atoms with van der Waals surface area (Å²) in [5, 5.41) is 47.3. The van der Waals surface area contributed by atoms with Crippen molar-refractivity contribution in [3.8, 4) is 0 Å². The molecule has 0 spiro atoms. The molecule has 0 saturated heterocycles. The van der Waals surface area contributed by atoms with E-state index in [1.807, 2.05) is 0 Å². The Bertz CT molecular complexity index is 1320. The minimum Gasteiger partial charge on any atom is -0.549 e. The standard InChI is InChI=1S/C24H20P.C11H18N2O8.Fe/c1-5-13-21(14-6-1)25(22-15-7-2-8-16-22,23-17-9-3-10-18-23)24-19-11-4-12-20-24;14-8(15)4-12(5-9(16)17)2-1-3-13(6-10(18)19)7-11(20)21;/h1-20H;1-7H2,(H,14,15)(H,16,17)(H,18,19)(H,20,21);/q+1;;+3/p-4. The van der Waals surface area contributed by atoms with E-state index < -0.39 is 57.3 Å². The van der Waals surface area contributed by atoms with Crippen LogP contribution in [0.2, 0.25) is 0 Å². The number of hydrogen-bond donors (Lipinski definition) is 0. The number of carboxylic acids is 4. The average molecular weight is 697 g/mol. The summed E-state index contributed by atoms with van der Waals surface area (Å²) < 4.78 is 0. The number of carbonyl (C=O) groups is 4. The van der Waals surface area contributed by atoms with Crippen molar-refractivity contribution in [2.24, 2.45) is 0 Å². The van der Waals surface area contributed by atoms with E-state index in [4.69, 9.17) is 0 Å². The first-order chi connectivity index (χ1) is 22.1. The van der Waals surface area contributed by atoms with E-state index in [1.165, 1.54) is 21.2 Å². The molecule has 12 heteroatoms. The molecular formula is C35H34FeN2O8P. The fourth-order valence-electron chi connectivity index (χ4n) is 5.18. The summed E-state index contributed by atoms with van der Waals surface area (Å²) >= 11 is 0. The number of benzene rings is 4. The van der Waals surface area contributed by atoms with Crippen molar-refractivity contribution in [1.82, 2.24) is 9.80 Å². The van der Waals surface area contributed by atoms with Crippen LogP contribution in [0.15, 0.2) is 121 Å². The van der Waals surface area contributed by atoms with Crippen molar-refractivity contribution in [3.05, 3.63) is 121 Å². The molecule has 0 bridgehead atoms. The molecule has 0 amide bonds. The fraction of sp³-hybridized carbons (Fsp3) is 0.200. The molecule has 0 fully saturated rings. The van der Waals surface area contributed by atoms with Crippen molar-refractivity contribution in [2.45, 2.75) is 6.42 Å². The van der Waals surface area contributed by atoms with Crippen molar-refractivity contribution in [1.29, 1.82) is 0 Å². The summed E-state index contributed by atoms with van der Waals surface area (Å²) in [5.74, 6) is -5.90. The van der Waals surface area contributed by atoms with E-state index in [0.29, 0.717) is 0 Å². The van der Waals surface area contributed by atoms with Crippen LogP contribution in [0.1, 0.15) is 6.42 Å². The monoisotopic (exact) mass is 697 g/mol. The molecule has 0 saturated carbocycles. The number of hydrogen-bond acceptors (Lipinski definition) is 10. The van der Waals surface area contributed by atoms with E-state index in [-0.39, 0.29) is 36.6 Å². The Morgan fingerprint density at radius 3 is 0.830 bits per heavy atom. The molecule has 0 heterocycles. The Kier molecular flexibility index (Phi) is 16.5. The topological polar surface area (TPSA) is 167 Å². The number of rotatable bonds is 16. The summed E-state index contributed by atoms with van der Waals surface area (Å²) in [6.45, 7) is -2.55. The van der Waals surface area contributed by atoms with Gasteiger partial charge in [0.15, 0.2) is 0 Å². The van der Waals surface area contributed by atoms with Crippen LogP contribution in [-0.2, 0) is 36.2 Å². The van der Waals surface area contributed by atoms with Crippen LogP contribution < -0.4 is 41.6 Å². The van der Waals surface area contributed by atoms with Gasteiger partial charge in [-0.2, -0.15) is 0 Å². The van der Waals surface area contributed by atoms with Gasteiger partial charge in [0.1, 0.15) is 28.5 Å². The molecule has 4 rings (SSSR count). The Morgan fingerprint density at radius 1 is 0.426 bits per heavy atom. The van der Waals surface area contributed by atoms with Gasteiger partial charge in [0.05, 0.1) is 23.9 Å². The normalized spacial score (nSPS) is 10.8. The first-order valence-electron chi connectivity index (χ1n) is 14.5. The van der Waals surface area contributed by atoms with Gasteiger partial charge in [0.25, 0.3) is 0 Å². The third kappa shape index (κ3) is 12.1. The predicted octanol–water partition coefficient (Wildman–Crippen LogP) is -2.72. The Hall–Kier alpha value is -4.37. The zero-order valence-electron chi connectivity index (χ0n) is 25.5. The van der Waals surface area contributed by atoms with Crippen LogP contribution >= 0.6 is 7.26 Å². The van der Waals surface area contributed by atoms with E-state index in [0.717, 1.165) is 9.80 Å². The van der Waals surface area contributed by atoms with E-state index in [9.17, 15) is 39.6 Å². The molecule has 0 aliphatic carbocycles. The number of carbonyl (C=O) groups excluding carboxylic acids is 4.